The Morgan fingerprint density at radius 1 is 1.26 bits per heavy atom. The van der Waals surface area contributed by atoms with Gasteiger partial charge in [0.2, 0.25) is 6.79 Å². The van der Waals surface area contributed by atoms with E-state index in [4.69, 9.17) is 26.8 Å². The molecule has 0 saturated carbocycles. The first-order chi connectivity index (χ1) is 8.37. The van der Waals surface area contributed by atoms with Crippen LogP contribution in [-0.4, -0.2) is 13.0 Å². The van der Waals surface area contributed by atoms with Crippen molar-refractivity contribution in [2.75, 3.05) is 6.79 Å². The summed E-state index contributed by atoms with van der Waals surface area (Å²) < 4.78 is 46.6. The number of rotatable bonds is 3. The monoisotopic (exact) mass is 317 g/mol. The van der Waals surface area contributed by atoms with Crippen molar-refractivity contribution in [2.24, 2.45) is 5.73 Å². The fourth-order valence-electron chi connectivity index (χ4n) is 1.69. The third-order valence-electron chi connectivity index (χ3n) is 2.63. The van der Waals surface area contributed by atoms with Crippen molar-refractivity contribution < 1.29 is 22.6 Å². The normalized spacial score (nSPS) is 15.0. The Hall–Kier alpha value is -0.850. The van der Waals surface area contributed by atoms with E-state index >= 15 is 0 Å². The van der Waals surface area contributed by atoms with Crippen molar-refractivity contribution in [1.82, 2.24) is 0 Å². The number of hydrogen-bond acceptors (Lipinski definition) is 3. The molecule has 0 aromatic heterocycles. The van der Waals surface area contributed by atoms with Crippen molar-refractivity contribution in [1.29, 1.82) is 0 Å². The van der Waals surface area contributed by atoms with Crippen molar-refractivity contribution in [3.8, 4) is 11.5 Å². The number of ether oxygens (including phenoxy) is 2. The molecule has 3 nitrogen and oxygen atoms in total. The van der Waals surface area contributed by atoms with Gasteiger partial charge in [0.05, 0.1) is 0 Å². The van der Waals surface area contributed by atoms with Gasteiger partial charge < -0.3 is 15.2 Å². The number of fused-ring (bicyclic) bond motifs is 1. The van der Waals surface area contributed by atoms with E-state index in [0.717, 1.165) is 0 Å². The van der Waals surface area contributed by atoms with E-state index < -0.39 is 18.6 Å². The summed E-state index contributed by atoms with van der Waals surface area (Å²) in [5.74, 6) is 0.934. The van der Waals surface area contributed by atoms with Crippen LogP contribution in [0.15, 0.2) is 12.1 Å². The maximum Gasteiger partial charge on any atom is 0.389 e. The lowest BCUT2D eigenvalue weighted by molar-refractivity contribution is -0.136. The molecule has 0 spiro atoms. The molecule has 0 amide bonds. The molecule has 0 radical (unpaired) electrons. The maximum atomic E-state index is 12.1. The summed E-state index contributed by atoms with van der Waals surface area (Å²) in [6.07, 6.45) is -5.39. The number of hydrogen-bond donors (Lipinski definition) is 1. The number of nitrogens with two attached hydrogens (primary N) is 1. The Bertz CT molecular complexity index is 454. The van der Waals surface area contributed by atoms with Gasteiger partial charge in [0, 0.05) is 23.6 Å². The minimum absolute atomic E-state index is 0. The van der Waals surface area contributed by atoms with E-state index in [1.54, 1.807) is 0 Å². The standard InChI is InChI=1S/C11H11ClF3NO2.ClH/c12-7-4-10-9(17-5-18-10)3-6(7)8(16)1-2-11(13,14)15;/h3-4,8H,1-2,5,16H2;1H/t8-;/m1./s1. The molecule has 1 atom stereocenters. The fourth-order valence-corrected chi connectivity index (χ4v) is 1.99. The maximum absolute atomic E-state index is 12.1. The Labute approximate surface area is 119 Å². The van der Waals surface area contributed by atoms with Gasteiger partial charge in [-0.15, -0.1) is 12.4 Å². The van der Waals surface area contributed by atoms with E-state index in [0.29, 0.717) is 17.1 Å². The molecule has 19 heavy (non-hydrogen) atoms. The lowest BCUT2D eigenvalue weighted by Gasteiger charge is -2.15. The second kappa shape index (κ2) is 6.07. The van der Waals surface area contributed by atoms with Crippen LogP contribution >= 0.6 is 24.0 Å². The van der Waals surface area contributed by atoms with E-state index in [-0.39, 0.29) is 30.6 Å². The van der Waals surface area contributed by atoms with Gasteiger partial charge in [0.1, 0.15) is 0 Å². The van der Waals surface area contributed by atoms with E-state index in [9.17, 15) is 13.2 Å². The van der Waals surface area contributed by atoms with Crippen LogP contribution < -0.4 is 15.2 Å². The molecule has 8 heteroatoms. The number of alkyl halides is 3. The number of halogens is 5. The molecule has 2 N–H and O–H groups in total. The van der Waals surface area contributed by atoms with Crippen LogP contribution in [0.1, 0.15) is 24.4 Å². The quantitative estimate of drug-likeness (QED) is 0.921. The zero-order valence-electron chi connectivity index (χ0n) is 9.67. The summed E-state index contributed by atoms with van der Waals surface area (Å²) in [7, 11) is 0. The molecular formula is C11H12Cl2F3NO2. The second-order valence-corrected chi connectivity index (χ2v) is 4.39. The van der Waals surface area contributed by atoms with Crippen molar-refractivity contribution in [3.63, 3.8) is 0 Å². The van der Waals surface area contributed by atoms with Crippen LogP contribution in [0.2, 0.25) is 5.02 Å². The summed E-state index contributed by atoms with van der Waals surface area (Å²) in [5, 5.41) is 0.286. The summed E-state index contributed by atoms with van der Waals surface area (Å²) in [6, 6.07) is 2.26. The van der Waals surface area contributed by atoms with Gasteiger partial charge in [-0.3, -0.25) is 0 Å². The third kappa shape index (κ3) is 4.06. The van der Waals surface area contributed by atoms with Crippen LogP contribution in [0.25, 0.3) is 0 Å². The highest BCUT2D eigenvalue weighted by molar-refractivity contribution is 6.31. The van der Waals surface area contributed by atoms with Gasteiger partial charge in [-0.2, -0.15) is 13.2 Å². The summed E-state index contributed by atoms with van der Waals surface area (Å²) in [4.78, 5) is 0. The molecule has 0 unspecified atom stereocenters. The van der Waals surface area contributed by atoms with Crippen LogP contribution in [-0.2, 0) is 0 Å². The molecule has 1 heterocycles. The first kappa shape index (κ1) is 16.2. The highest BCUT2D eigenvalue weighted by Gasteiger charge is 2.29. The summed E-state index contributed by atoms with van der Waals surface area (Å²) >= 11 is 5.96. The highest BCUT2D eigenvalue weighted by Crippen LogP contribution is 2.39. The van der Waals surface area contributed by atoms with E-state index in [1.807, 2.05) is 0 Å². The summed E-state index contributed by atoms with van der Waals surface area (Å²) in [5.41, 5.74) is 6.15. The predicted octanol–water partition coefficient (Wildman–Crippen LogP) is 3.83. The molecular weight excluding hydrogens is 306 g/mol. The zero-order chi connectivity index (χ0) is 13.3. The van der Waals surface area contributed by atoms with Crippen LogP contribution in [0, 0.1) is 0 Å². The molecule has 1 aliphatic rings. The Morgan fingerprint density at radius 2 is 1.84 bits per heavy atom. The minimum atomic E-state index is -4.22. The smallest absolute Gasteiger partial charge is 0.389 e. The average Bonchev–Trinajstić information content (AvgIpc) is 2.70. The molecule has 0 aliphatic carbocycles. The predicted molar refractivity (Wildman–Crippen MR) is 67.0 cm³/mol. The van der Waals surface area contributed by atoms with Crippen molar-refractivity contribution >= 4 is 24.0 Å². The van der Waals surface area contributed by atoms with Crippen LogP contribution in [0.5, 0.6) is 11.5 Å². The Morgan fingerprint density at radius 3 is 2.42 bits per heavy atom. The first-order valence-corrected chi connectivity index (χ1v) is 5.66. The molecule has 108 valence electrons. The van der Waals surface area contributed by atoms with Crippen molar-refractivity contribution in [2.45, 2.75) is 25.1 Å². The molecule has 0 bridgehead atoms. The SMILES string of the molecule is Cl.N[C@H](CCC(F)(F)F)c1cc2c(cc1Cl)OCO2. The highest BCUT2D eigenvalue weighted by atomic mass is 35.5. The topological polar surface area (TPSA) is 44.5 Å². The van der Waals surface area contributed by atoms with E-state index in [1.165, 1.54) is 12.1 Å². The average molecular weight is 318 g/mol. The molecule has 1 aliphatic heterocycles. The molecule has 0 saturated heterocycles. The van der Waals surface area contributed by atoms with E-state index in [2.05, 4.69) is 0 Å². The van der Waals surface area contributed by atoms with Gasteiger partial charge >= 0.3 is 6.18 Å². The largest absolute Gasteiger partial charge is 0.454 e. The summed E-state index contributed by atoms with van der Waals surface area (Å²) in [6.45, 7) is 0.0763. The van der Waals surface area contributed by atoms with Crippen LogP contribution in [0.3, 0.4) is 0 Å². The second-order valence-electron chi connectivity index (χ2n) is 3.99. The Balaban J connectivity index is 0.00000180. The fraction of sp³-hybridized carbons (Fsp3) is 0.455. The number of benzene rings is 1. The lowest BCUT2D eigenvalue weighted by Crippen LogP contribution is -2.16. The van der Waals surface area contributed by atoms with Crippen LogP contribution in [0.4, 0.5) is 13.2 Å². The van der Waals surface area contributed by atoms with Gasteiger partial charge in [-0.25, -0.2) is 0 Å². The molecule has 0 fully saturated rings. The molecule has 1 aromatic rings. The van der Waals surface area contributed by atoms with Gasteiger partial charge in [-0.05, 0) is 18.1 Å². The minimum Gasteiger partial charge on any atom is -0.454 e. The molecule has 2 rings (SSSR count). The lowest BCUT2D eigenvalue weighted by atomic mass is 10.0. The van der Waals surface area contributed by atoms with Crippen molar-refractivity contribution in [3.05, 3.63) is 22.7 Å². The first-order valence-electron chi connectivity index (χ1n) is 5.28. The molecule has 1 aromatic carbocycles. The third-order valence-corrected chi connectivity index (χ3v) is 2.96. The van der Waals surface area contributed by atoms with Gasteiger partial charge in [0.25, 0.3) is 0 Å². The zero-order valence-corrected chi connectivity index (χ0v) is 11.2. The van der Waals surface area contributed by atoms with Gasteiger partial charge in [0.15, 0.2) is 11.5 Å². The Kier molecular flexibility index (Phi) is 5.18. The van der Waals surface area contributed by atoms with Gasteiger partial charge in [-0.1, -0.05) is 11.6 Å².